The second-order valence-corrected chi connectivity index (χ2v) is 8.63. The third-order valence-corrected chi connectivity index (χ3v) is 6.05. The lowest BCUT2D eigenvalue weighted by Gasteiger charge is -2.23. The number of carbonyl (C=O) groups is 2. The molecule has 1 aromatic carbocycles. The van der Waals surface area contributed by atoms with Crippen LogP contribution in [0.4, 0.5) is 0 Å². The Morgan fingerprint density at radius 3 is 2.54 bits per heavy atom. The van der Waals surface area contributed by atoms with Crippen LogP contribution < -0.4 is 5.84 Å². The van der Waals surface area contributed by atoms with E-state index in [0.717, 1.165) is 49.1 Å². The molecule has 1 amide bonds. The molecule has 1 atom stereocenters. The number of fused-ring (bicyclic) bond motifs is 1. The average molecular weight is 478 g/mol. The minimum atomic E-state index is -0.331. The van der Waals surface area contributed by atoms with E-state index in [1.807, 2.05) is 29.2 Å². The highest BCUT2D eigenvalue weighted by Gasteiger charge is 2.27. The molecule has 1 aliphatic heterocycles. The number of allylic oxidation sites excluding steroid dienone is 2. The predicted octanol–water partition coefficient (Wildman–Crippen LogP) is 5.04. The molecule has 0 fully saturated rings. The number of hydrogen-bond donors (Lipinski definition) is 1. The Morgan fingerprint density at radius 1 is 1.11 bits per heavy atom. The molecule has 2 aliphatic rings. The fraction of sp³-hybridized carbons (Fsp3) is 0.444. The van der Waals surface area contributed by atoms with Gasteiger partial charge in [0, 0.05) is 25.1 Å². The Balaban J connectivity index is 1.90. The Hall–Kier alpha value is -3.55. The zero-order chi connectivity index (χ0) is 25.2. The molecule has 0 radical (unpaired) electrons. The maximum Gasteiger partial charge on any atom is 0.338 e. The van der Waals surface area contributed by atoms with Gasteiger partial charge in [0.2, 0.25) is 5.91 Å². The molecule has 1 aromatic rings. The zero-order valence-electron chi connectivity index (χ0n) is 20.9. The van der Waals surface area contributed by atoms with Gasteiger partial charge in [-0.2, -0.15) is 0 Å². The molecule has 1 aliphatic carbocycles. The van der Waals surface area contributed by atoms with Crippen LogP contribution in [0, 0.1) is 0 Å². The lowest BCUT2D eigenvalue weighted by atomic mass is 9.88. The smallest absolute Gasteiger partial charge is 0.338 e. The van der Waals surface area contributed by atoms with Gasteiger partial charge in [0.15, 0.2) is 5.84 Å². The molecule has 0 aromatic heterocycles. The van der Waals surface area contributed by atoms with Gasteiger partial charge in [-0.25, -0.2) is 4.79 Å². The summed E-state index contributed by atoms with van der Waals surface area (Å²) < 4.78 is 5.07. The van der Waals surface area contributed by atoms with Crippen LogP contribution in [0.15, 0.2) is 69.0 Å². The number of hydrogen-bond acceptors (Lipinski definition) is 6. The molecule has 0 saturated carbocycles. The van der Waals surface area contributed by atoms with E-state index in [4.69, 9.17) is 15.6 Å². The second-order valence-electron chi connectivity index (χ2n) is 8.63. The van der Waals surface area contributed by atoms with Crippen molar-refractivity contribution in [1.82, 2.24) is 4.90 Å². The quantitative estimate of drug-likeness (QED) is 0.232. The molecule has 1 heterocycles. The highest BCUT2D eigenvalue weighted by Crippen LogP contribution is 2.33. The summed E-state index contributed by atoms with van der Waals surface area (Å²) in [6.45, 7) is 7.78. The summed E-state index contributed by atoms with van der Waals surface area (Å²) in [6, 6.07) is 7.18. The van der Waals surface area contributed by atoms with Crippen LogP contribution in [0.2, 0.25) is 0 Å². The minimum absolute atomic E-state index is 0.0195. The summed E-state index contributed by atoms with van der Waals surface area (Å²) in [7, 11) is 0. The van der Waals surface area contributed by atoms with Gasteiger partial charge in [0.1, 0.15) is 0 Å². The topological polar surface area (TPSA) is 110 Å². The number of aliphatic imine (C=N–C) groups is 1. The van der Waals surface area contributed by atoms with Gasteiger partial charge in [0.05, 0.1) is 18.2 Å². The summed E-state index contributed by atoms with van der Waals surface area (Å²) in [5.74, 6) is 5.49. The molecule has 0 spiro atoms. The number of nitrogens with zero attached hydrogens (tertiary/aromatic N) is 4. The minimum Gasteiger partial charge on any atom is -0.462 e. The number of carbonyl (C=O) groups excluding carboxylic acids is 2. The molecule has 8 heteroatoms. The SMILES string of the molecule is CCCCN(CCC)C(=O)C1=CC2=CC=C(c3ccc(C(=O)OCC)cc3)CC2N=C(N=NN)C1. The monoisotopic (exact) mass is 477 g/mol. The van der Waals surface area contributed by atoms with E-state index >= 15 is 0 Å². The number of benzene rings is 1. The summed E-state index contributed by atoms with van der Waals surface area (Å²) in [6.07, 6.45) is 9.86. The van der Waals surface area contributed by atoms with E-state index in [9.17, 15) is 9.59 Å². The Labute approximate surface area is 207 Å². The maximum atomic E-state index is 13.4. The largest absolute Gasteiger partial charge is 0.462 e. The molecular weight excluding hydrogens is 442 g/mol. The molecule has 2 N–H and O–H groups in total. The average Bonchev–Trinajstić information content (AvgIpc) is 3.05. The lowest BCUT2D eigenvalue weighted by Crippen LogP contribution is -2.34. The molecule has 3 rings (SSSR count). The van der Waals surface area contributed by atoms with E-state index in [2.05, 4.69) is 30.3 Å². The van der Waals surface area contributed by atoms with Gasteiger partial charge >= 0.3 is 5.97 Å². The van der Waals surface area contributed by atoms with Crippen LogP contribution in [0.5, 0.6) is 0 Å². The summed E-state index contributed by atoms with van der Waals surface area (Å²) in [5.41, 5.74) is 4.23. The van der Waals surface area contributed by atoms with Crippen molar-refractivity contribution in [1.29, 1.82) is 0 Å². The number of unbranched alkanes of at least 4 members (excludes halogenated alkanes) is 1. The standard InChI is InChI=1S/C27H35N5O3/c1-4-7-15-32(14-5-2)26(33)23-16-22-13-12-21(17-24(22)29-25(18-23)30-31-28)19-8-10-20(11-9-19)27(34)35-6-3/h8-13,16,24H,4-7,14-15,17-18H2,1-3H3,(H2,28,29,30). The summed E-state index contributed by atoms with van der Waals surface area (Å²) >= 11 is 0. The van der Waals surface area contributed by atoms with Gasteiger partial charge in [-0.1, -0.05) is 49.8 Å². The fourth-order valence-electron chi connectivity index (χ4n) is 4.27. The maximum absolute atomic E-state index is 13.4. The number of amides is 1. The van der Waals surface area contributed by atoms with Crippen LogP contribution in [0.3, 0.4) is 0 Å². The molecule has 8 nitrogen and oxygen atoms in total. The van der Waals surface area contributed by atoms with Crippen molar-refractivity contribution in [3.05, 3.63) is 64.8 Å². The summed E-state index contributed by atoms with van der Waals surface area (Å²) in [5, 5.41) is 7.47. The first kappa shape index (κ1) is 26.1. The van der Waals surface area contributed by atoms with Crippen molar-refractivity contribution in [2.45, 2.75) is 58.9 Å². The van der Waals surface area contributed by atoms with Crippen molar-refractivity contribution in [2.24, 2.45) is 21.2 Å². The van der Waals surface area contributed by atoms with Crippen molar-refractivity contribution < 1.29 is 14.3 Å². The van der Waals surface area contributed by atoms with E-state index < -0.39 is 0 Å². The fourth-order valence-corrected chi connectivity index (χ4v) is 4.27. The number of nitrogens with two attached hydrogens (primary N) is 1. The summed E-state index contributed by atoms with van der Waals surface area (Å²) in [4.78, 5) is 32.1. The number of rotatable bonds is 9. The van der Waals surface area contributed by atoms with Crippen LogP contribution in [-0.2, 0) is 9.53 Å². The first-order valence-electron chi connectivity index (χ1n) is 12.4. The Bertz CT molecular complexity index is 1070. The van der Waals surface area contributed by atoms with E-state index in [1.54, 1.807) is 19.1 Å². The van der Waals surface area contributed by atoms with E-state index in [1.165, 1.54) is 0 Å². The second kappa shape index (κ2) is 12.8. The van der Waals surface area contributed by atoms with Crippen molar-refractivity contribution in [3.63, 3.8) is 0 Å². The molecule has 0 saturated heterocycles. The van der Waals surface area contributed by atoms with Gasteiger partial charge in [-0.3, -0.25) is 9.79 Å². The van der Waals surface area contributed by atoms with Crippen molar-refractivity contribution >= 4 is 23.3 Å². The lowest BCUT2D eigenvalue weighted by molar-refractivity contribution is -0.127. The molecule has 0 bridgehead atoms. The third kappa shape index (κ3) is 6.74. The Kier molecular flexibility index (Phi) is 9.52. The van der Waals surface area contributed by atoms with Crippen molar-refractivity contribution in [3.8, 4) is 0 Å². The molecular formula is C27H35N5O3. The van der Waals surface area contributed by atoms with Gasteiger partial charge in [-0.05, 0) is 61.1 Å². The molecule has 35 heavy (non-hydrogen) atoms. The zero-order valence-corrected chi connectivity index (χ0v) is 20.9. The van der Waals surface area contributed by atoms with Gasteiger partial charge in [0.25, 0.3) is 0 Å². The first-order valence-corrected chi connectivity index (χ1v) is 12.4. The van der Waals surface area contributed by atoms with E-state index in [0.29, 0.717) is 36.4 Å². The highest BCUT2D eigenvalue weighted by atomic mass is 16.5. The number of esters is 1. The first-order chi connectivity index (χ1) is 17.0. The molecule has 186 valence electrons. The van der Waals surface area contributed by atoms with Crippen LogP contribution in [0.1, 0.15) is 68.8 Å². The number of ether oxygens (including phenoxy) is 1. The van der Waals surface area contributed by atoms with Gasteiger partial charge < -0.3 is 15.5 Å². The third-order valence-electron chi connectivity index (χ3n) is 6.05. The van der Waals surface area contributed by atoms with E-state index in [-0.39, 0.29) is 17.9 Å². The number of amidine groups is 1. The van der Waals surface area contributed by atoms with Crippen LogP contribution in [-0.4, -0.2) is 48.4 Å². The Morgan fingerprint density at radius 2 is 1.89 bits per heavy atom. The van der Waals surface area contributed by atoms with Gasteiger partial charge in [-0.15, -0.1) is 5.11 Å². The van der Waals surface area contributed by atoms with Crippen LogP contribution in [0.25, 0.3) is 5.57 Å². The molecule has 1 unspecified atom stereocenters. The van der Waals surface area contributed by atoms with Crippen LogP contribution >= 0.6 is 0 Å². The highest BCUT2D eigenvalue weighted by molar-refractivity contribution is 6.01. The normalized spacial score (nSPS) is 17.5. The van der Waals surface area contributed by atoms with Crippen molar-refractivity contribution in [2.75, 3.05) is 19.7 Å². The predicted molar refractivity (Wildman–Crippen MR) is 138 cm³/mol.